The Morgan fingerprint density at radius 3 is 2.38 bits per heavy atom. The van der Waals surface area contributed by atoms with E-state index in [2.05, 4.69) is 20.4 Å². The van der Waals surface area contributed by atoms with Gasteiger partial charge in [0.15, 0.2) is 0 Å². The number of amides is 2. The molecule has 26 heavy (non-hydrogen) atoms. The summed E-state index contributed by atoms with van der Waals surface area (Å²) >= 11 is 0. The number of nitrogens with zero attached hydrogens (tertiary/aromatic N) is 2. The van der Waals surface area contributed by atoms with Crippen molar-refractivity contribution in [2.24, 2.45) is 5.92 Å². The number of rotatable bonds is 7. The molecule has 2 N–H and O–H groups in total. The van der Waals surface area contributed by atoms with Gasteiger partial charge in [-0.3, -0.25) is 4.79 Å². The molecular formula is C19H26N4O3. The second-order valence-corrected chi connectivity index (χ2v) is 6.61. The molecule has 2 amide bonds. The molecule has 2 unspecified atom stereocenters. The van der Waals surface area contributed by atoms with Gasteiger partial charge < -0.3 is 19.9 Å². The third-order valence-corrected chi connectivity index (χ3v) is 4.06. The van der Waals surface area contributed by atoms with Crippen LogP contribution in [0.1, 0.15) is 38.8 Å². The topological polar surface area (TPSA) is 85.2 Å². The van der Waals surface area contributed by atoms with E-state index in [0.29, 0.717) is 6.42 Å². The summed E-state index contributed by atoms with van der Waals surface area (Å²) in [5, 5.41) is 5.56. The number of methoxy groups -OCH3 is 1. The van der Waals surface area contributed by atoms with E-state index in [4.69, 9.17) is 0 Å². The van der Waals surface area contributed by atoms with Crippen LogP contribution >= 0.6 is 0 Å². The first-order valence-electron chi connectivity index (χ1n) is 8.63. The van der Waals surface area contributed by atoms with E-state index < -0.39 is 12.1 Å². The fourth-order valence-corrected chi connectivity index (χ4v) is 2.65. The van der Waals surface area contributed by atoms with Crippen molar-refractivity contribution in [1.82, 2.24) is 20.2 Å². The predicted molar refractivity (Wildman–Crippen MR) is 98.9 cm³/mol. The van der Waals surface area contributed by atoms with Crippen molar-refractivity contribution >= 4 is 12.0 Å². The van der Waals surface area contributed by atoms with Crippen LogP contribution in [0.2, 0.25) is 0 Å². The van der Waals surface area contributed by atoms with Gasteiger partial charge in [-0.2, -0.15) is 0 Å². The second kappa shape index (κ2) is 9.03. The zero-order valence-electron chi connectivity index (χ0n) is 15.6. The molecule has 140 valence electrons. The van der Waals surface area contributed by atoms with Crippen molar-refractivity contribution in [3.05, 3.63) is 48.5 Å². The van der Waals surface area contributed by atoms with Crippen LogP contribution in [0.5, 0.6) is 0 Å². The summed E-state index contributed by atoms with van der Waals surface area (Å²) in [5.74, 6) is 0.0305. The molecule has 0 fully saturated rings. The maximum Gasteiger partial charge on any atom is 0.407 e. The minimum atomic E-state index is -0.630. The van der Waals surface area contributed by atoms with Crippen LogP contribution in [0.15, 0.2) is 43.0 Å². The SMILES string of the molecule is COC(=O)NC(CC(C)C)C(=O)NC(C)c1ccc(-n2ccnc2)cc1. The zero-order valence-corrected chi connectivity index (χ0v) is 15.6. The lowest BCUT2D eigenvalue weighted by Gasteiger charge is -2.22. The lowest BCUT2D eigenvalue weighted by molar-refractivity contribution is -0.124. The van der Waals surface area contributed by atoms with Crippen LogP contribution in [-0.2, 0) is 9.53 Å². The molecule has 0 aliphatic carbocycles. The van der Waals surface area contributed by atoms with Crippen LogP contribution in [0.25, 0.3) is 5.69 Å². The van der Waals surface area contributed by atoms with E-state index in [9.17, 15) is 9.59 Å². The predicted octanol–water partition coefficient (Wildman–Crippen LogP) is 2.82. The Morgan fingerprint density at radius 2 is 1.85 bits per heavy atom. The summed E-state index contributed by atoms with van der Waals surface area (Å²) in [4.78, 5) is 28.1. The van der Waals surface area contributed by atoms with E-state index in [1.165, 1.54) is 7.11 Å². The molecule has 1 aromatic heterocycles. The number of carbonyl (C=O) groups excluding carboxylic acids is 2. The number of alkyl carbamates (subject to hydrolysis) is 1. The number of benzene rings is 1. The first-order valence-corrected chi connectivity index (χ1v) is 8.63. The smallest absolute Gasteiger partial charge is 0.407 e. The molecular weight excluding hydrogens is 332 g/mol. The number of hydrogen-bond acceptors (Lipinski definition) is 4. The van der Waals surface area contributed by atoms with E-state index in [1.807, 2.05) is 55.8 Å². The van der Waals surface area contributed by atoms with E-state index in [0.717, 1.165) is 11.3 Å². The maximum atomic E-state index is 12.6. The summed E-state index contributed by atoms with van der Waals surface area (Å²) in [5.41, 5.74) is 1.97. The van der Waals surface area contributed by atoms with Crippen LogP contribution < -0.4 is 10.6 Å². The molecule has 7 nitrogen and oxygen atoms in total. The van der Waals surface area contributed by atoms with E-state index in [-0.39, 0.29) is 17.9 Å². The van der Waals surface area contributed by atoms with Gasteiger partial charge in [0.2, 0.25) is 5.91 Å². The fourth-order valence-electron chi connectivity index (χ4n) is 2.65. The Labute approximate surface area is 153 Å². The highest BCUT2D eigenvalue weighted by Crippen LogP contribution is 2.16. The molecule has 7 heteroatoms. The van der Waals surface area contributed by atoms with Crippen LogP contribution in [0, 0.1) is 5.92 Å². The highest BCUT2D eigenvalue weighted by Gasteiger charge is 2.23. The average Bonchev–Trinajstić information content (AvgIpc) is 3.15. The first-order chi connectivity index (χ1) is 12.4. The van der Waals surface area contributed by atoms with Crippen molar-refractivity contribution in [3.63, 3.8) is 0 Å². The molecule has 1 heterocycles. The Balaban J connectivity index is 2.02. The van der Waals surface area contributed by atoms with E-state index in [1.54, 1.807) is 12.5 Å². The van der Waals surface area contributed by atoms with Crippen molar-refractivity contribution in [1.29, 1.82) is 0 Å². The molecule has 0 aliphatic rings. The third kappa shape index (κ3) is 5.34. The Morgan fingerprint density at radius 1 is 1.15 bits per heavy atom. The summed E-state index contributed by atoms with van der Waals surface area (Å²) in [7, 11) is 1.28. The summed E-state index contributed by atoms with van der Waals surface area (Å²) < 4.78 is 6.52. The van der Waals surface area contributed by atoms with Gasteiger partial charge in [-0.1, -0.05) is 26.0 Å². The van der Waals surface area contributed by atoms with Gasteiger partial charge in [0.05, 0.1) is 19.5 Å². The number of aromatic nitrogens is 2. The van der Waals surface area contributed by atoms with Gasteiger partial charge in [0.25, 0.3) is 0 Å². The Kier molecular flexibility index (Phi) is 6.77. The van der Waals surface area contributed by atoms with Crippen LogP contribution in [0.4, 0.5) is 4.79 Å². The molecule has 0 bridgehead atoms. The standard InChI is InChI=1S/C19H26N4O3/c1-13(2)11-17(22-19(25)26-4)18(24)21-14(3)15-5-7-16(8-6-15)23-10-9-20-12-23/h5-10,12-14,17H,11H2,1-4H3,(H,21,24)(H,22,25). The number of carbonyl (C=O) groups is 2. The number of nitrogens with one attached hydrogen (secondary N) is 2. The van der Waals surface area contributed by atoms with E-state index >= 15 is 0 Å². The quantitative estimate of drug-likeness (QED) is 0.797. The maximum absolute atomic E-state index is 12.6. The van der Waals surface area contributed by atoms with Gasteiger partial charge in [-0.05, 0) is 37.0 Å². The van der Waals surface area contributed by atoms with Gasteiger partial charge in [-0.25, -0.2) is 9.78 Å². The molecule has 2 rings (SSSR count). The Bertz CT molecular complexity index is 711. The highest BCUT2D eigenvalue weighted by atomic mass is 16.5. The molecule has 0 saturated carbocycles. The normalized spacial score (nSPS) is 13.1. The molecule has 0 saturated heterocycles. The van der Waals surface area contributed by atoms with Crippen LogP contribution in [0.3, 0.4) is 0 Å². The number of ether oxygens (including phenoxy) is 1. The molecule has 0 spiro atoms. The third-order valence-electron chi connectivity index (χ3n) is 4.06. The molecule has 2 aromatic rings. The molecule has 2 atom stereocenters. The highest BCUT2D eigenvalue weighted by molar-refractivity contribution is 5.85. The Hall–Kier alpha value is -2.83. The minimum Gasteiger partial charge on any atom is -0.453 e. The average molecular weight is 358 g/mol. The minimum absolute atomic E-state index is 0.187. The summed E-state index contributed by atoms with van der Waals surface area (Å²) in [6, 6.07) is 7.05. The van der Waals surface area contributed by atoms with Gasteiger partial charge in [-0.15, -0.1) is 0 Å². The van der Waals surface area contributed by atoms with Crippen molar-refractivity contribution in [2.45, 2.75) is 39.3 Å². The zero-order chi connectivity index (χ0) is 19.1. The second-order valence-electron chi connectivity index (χ2n) is 6.61. The number of imidazole rings is 1. The lowest BCUT2D eigenvalue weighted by atomic mass is 10.0. The monoisotopic (exact) mass is 358 g/mol. The van der Waals surface area contributed by atoms with Crippen molar-refractivity contribution < 1.29 is 14.3 Å². The number of hydrogen-bond donors (Lipinski definition) is 2. The first kappa shape index (κ1) is 19.5. The van der Waals surface area contributed by atoms with Gasteiger partial charge >= 0.3 is 6.09 Å². The van der Waals surface area contributed by atoms with Gasteiger partial charge in [0, 0.05) is 18.1 Å². The van der Waals surface area contributed by atoms with Gasteiger partial charge in [0.1, 0.15) is 6.04 Å². The molecule has 0 radical (unpaired) electrons. The van der Waals surface area contributed by atoms with Crippen LogP contribution in [-0.4, -0.2) is 34.7 Å². The van der Waals surface area contributed by atoms with Crippen molar-refractivity contribution in [3.8, 4) is 5.69 Å². The van der Waals surface area contributed by atoms with Crippen molar-refractivity contribution in [2.75, 3.05) is 7.11 Å². The summed E-state index contributed by atoms with van der Waals surface area (Å²) in [6.45, 7) is 5.91. The molecule has 1 aromatic carbocycles. The lowest BCUT2D eigenvalue weighted by Crippen LogP contribution is -2.47. The molecule has 0 aliphatic heterocycles. The summed E-state index contributed by atoms with van der Waals surface area (Å²) in [6.07, 6.45) is 5.25. The fraction of sp³-hybridized carbons (Fsp3) is 0.421. The largest absolute Gasteiger partial charge is 0.453 e.